The Kier molecular flexibility index (Phi) is 11.7. The fraction of sp³-hybridized carbons (Fsp3) is 0.444. The predicted molar refractivity (Wildman–Crippen MR) is 184 cm³/mol. The number of Topliss-reactive ketones (excluding diaryl/α,β-unsaturated/α-hetero) is 1. The second kappa shape index (κ2) is 15.9. The van der Waals surface area contributed by atoms with Crippen LogP contribution in [0.25, 0.3) is 16.3 Å². The monoisotopic (exact) mass is 632 g/mol. The molecule has 2 aliphatic rings. The first-order chi connectivity index (χ1) is 21.6. The summed E-state index contributed by atoms with van der Waals surface area (Å²) in [5.74, 6) is 0.0193. The molecule has 44 heavy (non-hydrogen) atoms. The normalized spacial score (nSPS) is 16.5. The van der Waals surface area contributed by atoms with Gasteiger partial charge in [0.2, 0.25) is 5.52 Å². The summed E-state index contributed by atoms with van der Waals surface area (Å²) in [4.78, 5) is 19.6. The fourth-order valence-electron chi connectivity index (χ4n) is 6.05. The molecular weight excluding hydrogens is 587 g/mol. The van der Waals surface area contributed by atoms with Crippen LogP contribution in [0, 0.1) is 0 Å². The number of benzene rings is 2. The van der Waals surface area contributed by atoms with Crippen molar-refractivity contribution >= 4 is 50.9 Å². The molecule has 0 unspecified atom stereocenters. The zero-order valence-electron chi connectivity index (χ0n) is 26.1. The Bertz CT molecular complexity index is 1530. The van der Waals surface area contributed by atoms with E-state index >= 15 is 0 Å². The Morgan fingerprint density at radius 1 is 0.864 bits per heavy atom. The van der Waals surface area contributed by atoms with Crippen LogP contribution in [0.15, 0.2) is 81.4 Å². The molecule has 1 aliphatic heterocycles. The van der Waals surface area contributed by atoms with Crippen LogP contribution in [0.3, 0.4) is 0 Å². The highest BCUT2D eigenvalue weighted by atomic mass is 32.2. The smallest absolute Gasteiger partial charge is 0.263 e. The van der Waals surface area contributed by atoms with Crippen LogP contribution in [-0.2, 0) is 11.3 Å². The number of aryl methyl sites for hydroxylation is 1. The summed E-state index contributed by atoms with van der Waals surface area (Å²) in [6.45, 7) is 6.86. The number of aromatic nitrogens is 1. The molecule has 0 radical (unpaired) electrons. The molecule has 1 aliphatic carbocycles. The van der Waals surface area contributed by atoms with Crippen molar-refractivity contribution in [1.29, 1.82) is 0 Å². The van der Waals surface area contributed by atoms with Gasteiger partial charge in [0.15, 0.2) is 12.3 Å². The number of para-hydroxylation sites is 2. The van der Waals surface area contributed by atoms with Crippen LogP contribution in [0.4, 0.5) is 5.69 Å². The van der Waals surface area contributed by atoms with Crippen LogP contribution >= 0.6 is 23.1 Å². The third-order valence-electron chi connectivity index (χ3n) is 8.33. The first-order valence-electron chi connectivity index (χ1n) is 16.3. The van der Waals surface area contributed by atoms with Gasteiger partial charge >= 0.3 is 0 Å². The van der Waals surface area contributed by atoms with Crippen LogP contribution < -0.4 is 9.47 Å². The van der Waals surface area contributed by atoms with Gasteiger partial charge in [-0.15, -0.1) is 0 Å². The number of ketones is 1. The summed E-state index contributed by atoms with van der Waals surface area (Å²) in [7, 11) is 0. The van der Waals surface area contributed by atoms with Gasteiger partial charge in [-0.3, -0.25) is 4.79 Å². The number of carbonyl (C=O) groups excluding carboxylic acids is 1. The fourth-order valence-corrected chi connectivity index (χ4v) is 8.31. The lowest BCUT2D eigenvalue weighted by Gasteiger charge is -2.35. The second-order valence-corrected chi connectivity index (χ2v) is 13.6. The average Bonchev–Trinajstić information content (AvgIpc) is 3.57. The van der Waals surface area contributed by atoms with Crippen molar-refractivity contribution in [2.24, 2.45) is 0 Å². The first-order valence-corrected chi connectivity index (χ1v) is 17.9. The molecule has 2 N–H and O–H groups in total. The first kappa shape index (κ1) is 32.5. The van der Waals surface area contributed by atoms with Crippen molar-refractivity contribution in [2.75, 3.05) is 37.7 Å². The Balaban J connectivity index is 1.55. The van der Waals surface area contributed by atoms with E-state index in [4.69, 9.17) is 0 Å². The molecule has 0 saturated heterocycles. The molecule has 5 rings (SSSR count). The van der Waals surface area contributed by atoms with Crippen LogP contribution in [0.5, 0.6) is 0 Å². The number of rotatable bonds is 17. The lowest BCUT2D eigenvalue weighted by Crippen LogP contribution is -2.39. The maximum atomic E-state index is 14.0. The maximum Gasteiger partial charge on any atom is 0.263 e. The summed E-state index contributed by atoms with van der Waals surface area (Å²) in [6.07, 6.45) is 13.5. The Hall–Kier alpha value is -2.91. The van der Waals surface area contributed by atoms with Gasteiger partial charge in [0, 0.05) is 48.7 Å². The molecule has 8 heteroatoms. The number of hydrogen-bond donors (Lipinski definition) is 2. The molecule has 0 fully saturated rings. The molecule has 2 aromatic carbocycles. The third-order valence-corrected chi connectivity index (χ3v) is 10.6. The topological polar surface area (TPSA) is 67.9 Å². The van der Waals surface area contributed by atoms with Crippen LogP contribution in [-0.4, -0.2) is 53.7 Å². The maximum absolute atomic E-state index is 14.0. The van der Waals surface area contributed by atoms with Gasteiger partial charge in [0.05, 0.1) is 35.2 Å². The number of nitrogens with zero attached hydrogens (tertiary/aromatic N) is 3. The van der Waals surface area contributed by atoms with Gasteiger partial charge in [0.25, 0.3) is 5.01 Å². The molecule has 2 heterocycles. The summed E-state index contributed by atoms with van der Waals surface area (Å²) in [5, 5.41) is 22.0. The molecule has 1 aromatic heterocycles. The largest absolute Gasteiger partial charge is 0.395 e. The van der Waals surface area contributed by atoms with Gasteiger partial charge in [-0.05, 0) is 37.1 Å². The van der Waals surface area contributed by atoms with Crippen molar-refractivity contribution in [3.8, 4) is 0 Å². The van der Waals surface area contributed by atoms with Crippen LogP contribution in [0.1, 0.15) is 70.2 Å². The third kappa shape index (κ3) is 7.15. The summed E-state index contributed by atoms with van der Waals surface area (Å²) in [5.41, 5.74) is 4.53. The summed E-state index contributed by atoms with van der Waals surface area (Å²) < 4.78 is 3.56. The molecule has 234 valence electrons. The van der Waals surface area contributed by atoms with Crippen molar-refractivity contribution in [3.05, 3.63) is 81.5 Å². The number of hydrogen-bond acceptors (Lipinski definition) is 7. The van der Waals surface area contributed by atoms with Gasteiger partial charge in [0.1, 0.15) is 4.70 Å². The van der Waals surface area contributed by atoms with Crippen molar-refractivity contribution in [1.82, 2.24) is 4.90 Å². The molecule has 0 amide bonds. The minimum Gasteiger partial charge on any atom is -0.395 e. The SMILES string of the molecule is CCCCCCN1/C(=C/C2=C(N(CCO)CCO)C(=C\c3sc4ccccc4[n+]3CCCCCC)/C2=O)Sc2ccccc21. The molecule has 6 nitrogen and oxygen atoms in total. The molecular formula is C36H46N3O3S2+. The van der Waals surface area contributed by atoms with E-state index in [1.807, 2.05) is 17.1 Å². The number of thiazole rings is 1. The quantitative estimate of drug-likeness (QED) is 0.0925. The van der Waals surface area contributed by atoms with E-state index in [-0.39, 0.29) is 19.0 Å². The highest BCUT2D eigenvalue weighted by Gasteiger charge is 2.38. The number of allylic oxidation sites excluding steroid dienone is 3. The number of thioether (sulfide) groups is 1. The Labute approximate surface area is 270 Å². The van der Waals surface area contributed by atoms with E-state index in [2.05, 4.69) is 71.8 Å². The Morgan fingerprint density at radius 3 is 2.32 bits per heavy atom. The highest BCUT2D eigenvalue weighted by molar-refractivity contribution is 8.03. The van der Waals surface area contributed by atoms with Crippen molar-refractivity contribution < 1.29 is 19.6 Å². The Morgan fingerprint density at radius 2 is 1.57 bits per heavy atom. The molecule has 0 bridgehead atoms. The minimum absolute atomic E-state index is 0.0193. The van der Waals surface area contributed by atoms with Gasteiger partial charge in [-0.1, -0.05) is 93.3 Å². The molecule has 0 spiro atoms. The number of anilines is 1. The van der Waals surface area contributed by atoms with E-state index in [0.717, 1.165) is 41.7 Å². The standard InChI is InChI=1S/C36H46N3O3S2/c1-3-5-7-13-19-38-29-15-9-11-17-31(29)43-33(38)25-27-35(37(21-23-40)22-24-41)28(36(27)42)26-34-39(20-14-8-6-4-2)30-16-10-12-18-32(30)44-34/h9-12,15-18,25-26,40-41H,3-8,13-14,19-24H2,1-2H3/q+1. The second-order valence-electron chi connectivity index (χ2n) is 11.5. The molecule has 3 aromatic rings. The minimum atomic E-state index is -0.0567. The van der Waals surface area contributed by atoms with Crippen molar-refractivity contribution in [3.63, 3.8) is 0 Å². The number of aliphatic hydroxyl groups excluding tert-OH is 2. The van der Waals surface area contributed by atoms with E-state index in [0.29, 0.717) is 24.2 Å². The predicted octanol–water partition coefficient (Wildman–Crippen LogP) is 7.31. The lowest BCUT2D eigenvalue weighted by molar-refractivity contribution is -0.669. The number of unbranched alkanes of at least 4 members (excludes halogenated alkanes) is 6. The average molecular weight is 633 g/mol. The zero-order valence-corrected chi connectivity index (χ0v) is 27.8. The molecule has 0 saturated carbocycles. The lowest BCUT2D eigenvalue weighted by atomic mass is 9.84. The zero-order chi connectivity index (χ0) is 30.9. The van der Waals surface area contributed by atoms with Crippen LogP contribution in [0.2, 0.25) is 0 Å². The highest BCUT2D eigenvalue weighted by Crippen LogP contribution is 2.48. The van der Waals surface area contributed by atoms with E-state index in [9.17, 15) is 15.0 Å². The van der Waals surface area contributed by atoms with E-state index in [1.165, 1.54) is 59.3 Å². The number of carbonyl (C=O) groups is 1. The number of aliphatic hydroxyl groups is 2. The summed E-state index contributed by atoms with van der Waals surface area (Å²) in [6, 6.07) is 16.9. The molecule has 0 atom stereocenters. The van der Waals surface area contributed by atoms with Gasteiger partial charge in [-0.2, -0.15) is 4.57 Å². The number of fused-ring (bicyclic) bond motifs is 2. The van der Waals surface area contributed by atoms with E-state index < -0.39 is 0 Å². The summed E-state index contributed by atoms with van der Waals surface area (Å²) >= 11 is 3.43. The van der Waals surface area contributed by atoms with Gasteiger partial charge < -0.3 is 20.0 Å². The van der Waals surface area contributed by atoms with Gasteiger partial charge in [-0.25, -0.2) is 0 Å². The van der Waals surface area contributed by atoms with Crippen molar-refractivity contribution in [2.45, 2.75) is 76.7 Å². The van der Waals surface area contributed by atoms with E-state index in [1.54, 1.807) is 23.1 Å².